The molecule has 3 aromatic carbocycles. The van der Waals surface area contributed by atoms with Gasteiger partial charge in [0.1, 0.15) is 16.5 Å². The van der Waals surface area contributed by atoms with E-state index in [2.05, 4.69) is 0 Å². The number of hydrogen-bond donors (Lipinski definition) is 0. The van der Waals surface area contributed by atoms with Gasteiger partial charge in [0.2, 0.25) is 15.6 Å². The summed E-state index contributed by atoms with van der Waals surface area (Å²) in [5, 5.41) is 0. The Kier molecular flexibility index (Phi) is 5.84. The SMILES string of the molecule is CCOc1ccc(N2C=C(C(=O)c3ccc(CC)cc3)S(=O)(=O)c3cc(F)ccc32)cc1. The van der Waals surface area contributed by atoms with Crippen LogP contribution in [-0.4, -0.2) is 20.8 Å². The zero-order chi connectivity index (χ0) is 22.9. The number of carbonyl (C=O) groups excluding carboxylic acids is 1. The summed E-state index contributed by atoms with van der Waals surface area (Å²) in [4.78, 5) is 14.2. The van der Waals surface area contributed by atoms with Gasteiger partial charge in [0.15, 0.2) is 0 Å². The first-order valence-corrected chi connectivity index (χ1v) is 11.8. The molecule has 0 aliphatic carbocycles. The number of fused-ring (bicyclic) bond motifs is 1. The quantitative estimate of drug-likeness (QED) is 0.467. The summed E-state index contributed by atoms with van der Waals surface area (Å²) in [6.45, 7) is 4.38. The predicted molar refractivity (Wildman–Crippen MR) is 122 cm³/mol. The molecule has 0 unspecified atom stereocenters. The lowest BCUT2D eigenvalue weighted by molar-refractivity contribution is 0.104. The summed E-state index contributed by atoms with van der Waals surface area (Å²) in [5.41, 5.74) is 2.17. The van der Waals surface area contributed by atoms with Crippen LogP contribution in [0.5, 0.6) is 5.75 Å². The molecule has 0 atom stereocenters. The normalized spacial score (nSPS) is 14.5. The lowest BCUT2D eigenvalue weighted by Crippen LogP contribution is -2.26. The number of Topliss-reactive ketones (excluding diaryl/α,β-unsaturated/α-hetero) is 1. The highest BCUT2D eigenvalue weighted by atomic mass is 32.2. The Morgan fingerprint density at radius 2 is 1.66 bits per heavy atom. The molecule has 32 heavy (non-hydrogen) atoms. The number of nitrogens with zero attached hydrogens (tertiary/aromatic N) is 1. The minimum atomic E-state index is -4.22. The maximum Gasteiger partial charge on any atom is 0.214 e. The number of benzene rings is 3. The van der Waals surface area contributed by atoms with Crippen LogP contribution in [0.3, 0.4) is 0 Å². The van der Waals surface area contributed by atoms with Gasteiger partial charge in [-0.2, -0.15) is 0 Å². The van der Waals surface area contributed by atoms with Crippen molar-refractivity contribution in [2.24, 2.45) is 0 Å². The average molecular weight is 452 g/mol. The molecule has 0 radical (unpaired) electrons. The van der Waals surface area contributed by atoms with Crippen LogP contribution >= 0.6 is 0 Å². The third-order valence-electron chi connectivity index (χ3n) is 5.28. The second-order valence-electron chi connectivity index (χ2n) is 7.29. The summed E-state index contributed by atoms with van der Waals surface area (Å²) in [6, 6.07) is 17.4. The molecule has 5 nitrogen and oxygen atoms in total. The van der Waals surface area contributed by atoms with Crippen LogP contribution in [0.4, 0.5) is 15.8 Å². The molecule has 0 saturated heterocycles. The van der Waals surface area contributed by atoms with E-state index in [1.165, 1.54) is 18.3 Å². The third-order valence-corrected chi connectivity index (χ3v) is 7.06. The van der Waals surface area contributed by atoms with E-state index in [0.29, 0.717) is 18.0 Å². The lowest BCUT2D eigenvalue weighted by atomic mass is 10.1. The van der Waals surface area contributed by atoms with E-state index in [-0.39, 0.29) is 16.1 Å². The van der Waals surface area contributed by atoms with E-state index in [0.717, 1.165) is 18.1 Å². The van der Waals surface area contributed by atoms with Crippen LogP contribution in [0.25, 0.3) is 0 Å². The number of ether oxygens (including phenoxy) is 1. The number of anilines is 2. The lowest BCUT2D eigenvalue weighted by Gasteiger charge is -2.29. The standard InChI is InChI=1S/C25H22FNO4S/c1-3-17-5-7-18(8-6-17)25(28)24-16-27(20-10-12-21(13-11-20)31-4-2)22-14-9-19(26)15-23(22)32(24,29)30/h5-16H,3-4H2,1-2H3. The number of allylic oxidation sites excluding steroid dienone is 1. The van der Waals surface area contributed by atoms with Crippen molar-refractivity contribution in [2.75, 3.05) is 11.5 Å². The first kappa shape index (κ1) is 21.8. The first-order chi connectivity index (χ1) is 15.3. The molecule has 3 aromatic rings. The Bertz CT molecular complexity index is 1300. The van der Waals surface area contributed by atoms with Crippen molar-refractivity contribution in [1.82, 2.24) is 0 Å². The number of aryl methyl sites for hydroxylation is 1. The van der Waals surface area contributed by atoms with Gasteiger partial charge >= 0.3 is 0 Å². The van der Waals surface area contributed by atoms with Gasteiger partial charge in [-0.25, -0.2) is 12.8 Å². The third kappa shape index (κ3) is 3.91. The summed E-state index contributed by atoms with van der Waals surface area (Å²) in [7, 11) is -4.22. The number of halogens is 1. The van der Waals surface area contributed by atoms with Crippen molar-refractivity contribution in [3.8, 4) is 5.75 Å². The van der Waals surface area contributed by atoms with Gasteiger partial charge in [-0.05, 0) is 61.4 Å². The molecule has 0 aromatic heterocycles. The number of rotatable bonds is 6. The number of ketones is 1. The van der Waals surface area contributed by atoms with E-state index >= 15 is 0 Å². The Labute approximate surface area is 186 Å². The monoisotopic (exact) mass is 451 g/mol. The van der Waals surface area contributed by atoms with Crippen molar-refractivity contribution in [2.45, 2.75) is 25.2 Å². The second kappa shape index (κ2) is 8.59. The molecule has 0 N–H and O–H groups in total. The Morgan fingerprint density at radius 3 is 2.28 bits per heavy atom. The van der Waals surface area contributed by atoms with E-state index < -0.39 is 26.3 Å². The van der Waals surface area contributed by atoms with Crippen molar-refractivity contribution in [1.29, 1.82) is 0 Å². The fourth-order valence-electron chi connectivity index (χ4n) is 3.57. The highest BCUT2D eigenvalue weighted by molar-refractivity contribution is 7.96. The van der Waals surface area contributed by atoms with E-state index in [1.807, 2.05) is 13.8 Å². The topological polar surface area (TPSA) is 63.7 Å². The Hall–Kier alpha value is -3.45. The average Bonchev–Trinajstić information content (AvgIpc) is 2.80. The van der Waals surface area contributed by atoms with Crippen LogP contribution in [0.2, 0.25) is 0 Å². The van der Waals surface area contributed by atoms with Gasteiger partial charge in [0.05, 0.1) is 17.2 Å². The highest BCUT2D eigenvalue weighted by Gasteiger charge is 2.36. The van der Waals surface area contributed by atoms with Gasteiger partial charge < -0.3 is 9.64 Å². The minimum Gasteiger partial charge on any atom is -0.494 e. The van der Waals surface area contributed by atoms with Crippen molar-refractivity contribution in [3.05, 3.63) is 94.8 Å². The van der Waals surface area contributed by atoms with E-state index in [1.54, 1.807) is 53.4 Å². The minimum absolute atomic E-state index is 0.248. The molecule has 4 rings (SSSR count). The molecule has 1 heterocycles. The number of carbonyl (C=O) groups is 1. The Balaban J connectivity index is 1.85. The van der Waals surface area contributed by atoms with Crippen molar-refractivity contribution < 1.29 is 22.3 Å². The van der Waals surface area contributed by atoms with Crippen LogP contribution < -0.4 is 9.64 Å². The van der Waals surface area contributed by atoms with Crippen LogP contribution in [-0.2, 0) is 16.3 Å². The molecule has 0 bridgehead atoms. The maximum absolute atomic E-state index is 14.0. The zero-order valence-corrected chi connectivity index (χ0v) is 18.5. The summed E-state index contributed by atoms with van der Waals surface area (Å²) in [5.74, 6) is -0.671. The largest absolute Gasteiger partial charge is 0.494 e. The van der Waals surface area contributed by atoms with Crippen LogP contribution in [0.1, 0.15) is 29.8 Å². The van der Waals surface area contributed by atoms with Gasteiger partial charge in [0.25, 0.3) is 0 Å². The number of sulfone groups is 1. The van der Waals surface area contributed by atoms with Gasteiger partial charge in [-0.1, -0.05) is 31.2 Å². The first-order valence-electron chi connectivity index (χ1n) is 10.3. The second-order valence-corrected chi connectivity index (χ2v) is 9.17. The summed E-state index contributed by atoms with van der Waals surface area (Å²) >= 11 is 0. The molecule has 0 spiro atoms. The molecular weight excluding hydrogens is 429 g/mol. The molecule has 164 valence electrons. The fourth-order valence-corrected chi connectivity index (χ4v) is 5.13. The molecule has 0 saturated carbocycles. The summed E-state index contributed by atoms with van der Waals surface area (Å²) < 4.78 is 46.1. The Morgan fingerprint density at radius 1 is 0.969 bits per heavy atom. The van der Waals surface area contributed by atoms with E-state index in [9.17, 15) is 17.6 Å². The maximum atomic E-state index is 14.0. The fraction of sp³-hybridized carbons (Fsp3) is 0.160. The van der Waals surface area contributed by atoms with Crippen molar-refractivity contribution in [3.63, 3.8) is 0 Å². The number of hydrogen-bond acceptors (Lipinski definition) is 5. The van der Waals surface area contributed by atoms with Crippen LogP contribution in [0.15, 0.2) is 82.7 Å². The highest BCUT2D eigenvalue weighted by Crippen LogP contribution is 2.41. The van der Waals surface area contributed by atoms with Gasteiger partial charge in [-0.15, -0.1) is 0 Å². The zero-order valence-electron chi connectivity index (χ0n) is 17.7. The van der Waals surface area contributed by atoms with Crippen LogP contribution in [0, 0.1) is 5.82 Å². The molecule has 0 amide bonds. The molecular formula is C25H22FNO4S. The molecule has 0 fully saturated rings. The molecule has 1 aliphatic heterocycles. The molecule has 7 heteroatoms. The van der Waals surface area contributed by atoms with Gasteiger partial charge in [-0.3, -0.25) is 4.79 Å². The van der Waals surface area contributed by atoms with Gasteiger partial charge in [0, 0.05) is 17.5 Å². The summed E-state index contributed by atoms with van der Waals surface area (Å²) in [6.07, 6.45) is 2.11. The van der Waals surface area contributed by atoms with Crippen molar-refractivity contribution >= 4 is 27.0 Å². The van der Waals surface area contributed by atoms with E-state index in [4.69, 9.17) is 4.74 Å². The molecule has 1 aliphatic rings. The predicted octanol–water partition coefficient (Wildman–Crippen LogP) is 5.44. The smallest absolute Gasteiger partial charge is 0.214 e.